The van der Waals surface area contributed by atoms with Gasteiger partial charge in [-0.05, 0) is 37.9 Å². The van der Waals surface area contributed by atoms with Gasteiger partial charge in [0.05, 0.1) is 10.0 Å². The van der Waals surface area contributed by atoms with Crippen LogP contribution in [0.5, 0.6) is 0 Å². The van der Waals surface area contributed by atoms with Crippen molar-refractivity contribution in [2.45, 2.75) is 36.2 Å². The van der Waals surface area contributed by atoms with Gasteiger partial charge in [-0.15, -0.1) is 0 Å². The average Bonchev–Trinajstić information content (AvgIpc) is 3.01. The first kappa shape index (κ1) is 15.5. The minimum absolute atomic E-state index is 0.00270. The summed E-state index contributed by atoms with van der Waals surface area (Å²) in [6, 6.07) is 1.87. The lowest BCUT2D eigenvalue weighted by Crippen LogP contribution is -2.43. The summed E-state index contributed by atoms with van der Waals surface area (Å²) in [6.07, 6.45) is 2.44. The molecule has 0 amide bonds. The number of sulfonamides is 1. The maximum absolute atomic E-state index is 13.3. The van der Waals surface area contributed by atoms with Gasteiger partial charge >= 0.3 is 0 Å². The molecule has 1 aliphatic heterocycles. The third kappa shape index (κ3) is 2.92. The van der Waals surface area contributed by atoms with E-state index in [0.29, 0.717) is 6.54 Å². The van der Waals surface area contributed by atoms with E-state index in [9.17, 15) is 12.8 Å². The zero-order valence-electron chi connectivity index (χ0n) is 11.2. The summed E-state index contributed by atoms with van der Waals surface area (Å²) in [4.78, 5) is -0.189. The van der Waals surface area contributed by atoms with E-state index in [1.165, 1.54) is 4.31 Å². The van der Waals surface area contributed by atoms with Crippen LogP contribution in [-0.4, -0.2) is 37.9 Å². The molecular formula is C13H15Cl2FN2O2S. The lowest BCUT2D eigenvalue weighted by atomic mass is 10.2. The van der Waals surface area contributed by atoms with Crippen molar-refractivity contribution in [1.29, 1.82) is 0 Å². The second-order valence-electron chi connectivity index (χ2n) is 5.41. The normalized spacial score (nSPS) is 23.0. The summed E-state index contributed by atoms with van der Waals surface area (Å²) in [5.41, 5.74) is 0. The number of nitrogens with zero attached hydrogens (tertiary/aromatic N) is 1. The van der Waals surface area contributed by atoms with E-state index < -0.39 is 15.8 Å². The fourth-order valence-electron chi connectivity index (χ4n) is 2.76. The van der Waals surface area contributed by atoms with Crippen molar-refractivity contribution in [3.8, 4) is 0 Å². The lowest BCUT2D eigenvalue weighted by molar-refractivity contribution is 0.327. The number of hydrogen-bond donors (Lipinski definition) is 1. The SMILES string of the molecule is O=S(=O)(c1c(Cl)cc(F)cc1Cl)N(C1CC1)C1CCNC1. The van der Waals surface area contributed by atoms with E-state index in [1.807, 2.05) is 0 Å². The Balaban J connectivity index is 2.06. The van der Waals surface area contributed by atoms with Crippen molar-refractivity contribution >= 4 is 33.2 Å². The fraction of sp³-hybridized carbons (Fsp3) is 0.538. The van der Waals surface area contributed by atoms with Gasteiger partial charge in [-0.2, -0.15) is 4.31 Å². The Labute approximate surface area is 133 Å². The van der Waals surface area contributed by atoms with E-state index >= 15 is 0 Å². The molecule has 0 bridgehead atoms. The molecule has 0 aromatic heterocycles. The molecule has 2 fully saturated rings. The monoisotopic (exact) mass is 352 g/mol. The molecule has 1 aliphatic carbocycles. The Hall–Kier alpha value is -0.400. The molecule has 1 unspecified atom stereocenters. The maximum Gasteiger partial charge on any atom is 0.246 e. The van der Waals surface area contributed by atoms with Crippen molar-refractivity contribution in [2.75, 3.05) is 13.1 Å². The van der Waals surface area contributed by atoms with E-state index in [2.05, 4.69) is 5.32 Å². The molecule has 3 rings (SSSR count). The highest BCUT2D eigenvalue weighted by molar-refractivity contribution is 7.89. The first-order chi connectivity index (χ1) is 9.91. The molecular weight excluding hydrogens is 338 g/mol. The lowest BCUT2D eigenvalue weighted by Gasteiger charge is -2.28. The molecule has 21 heavy (non-hydrogen) atoms. The van der Waals surface area contributed by atoms with Gasteiger partial charge in [-0.3, -0.25) is 0 Å². The summed E-state index contributed by atoms with van der Waals surface area (Å²) in [7, 11) is -3.84. The van der Waals surface area contributed by atoms with Gasteiger partial charge in [0.2, 0.25) is 10.0 Å². The van der Waals surface area contributed by atoms with Crippen molar-refractivity contribution in [3.63, 3.8) is 0 Å². The zero-order chi connectivity index (χ0) is 15.2. The Morgan fingerprint density at radius 2 is 1.76 bits per heavy atom. The van der Waals surface area contributed by atoms with Gasteiger partial charge in [-0.25, -0.2) is 12.8 Å². The Bertz CT molecular complexity index is 635. The third-order valence-corrected chi connectivity index (χ3v) is 6.73. The number of rotatable bonds is 4. The molecule has 8 heteroatoms. The Morgan fingerprint density at radius 1 is 1.14 bits per heavy atom. The molecule has 1 heterocycles. The number of benzene rings is 1. The Morgan fingerprint density at radius 3 is 2.24 bits per heavy atom. The smallest absolute Gasteiger partial charge is 0.246 e. The molecule has 1 saturated carbocycles. The van der Waals surface area contributed by atoms with Crippen LogP contribution < -0.4 is 5.32 Å². The van der Waals surface area contributed by atoms with E-state index in [4.69, 9.17) is 23.2 Å². The summed E-state index contributed by atoms with van der Waals surface area (Å²) < 4.78 is 40.7. The topological polar surface area (TPSA) is 49.4 Å². The van der Waals surface area contributed by atoms with Crippen molar-refractivity contribution < 1.29 is 12.8 Å². The summed E-state index contributed by atoms with van der Waals surface area (Å²) >= 11 is 11.9. The molecule has 1 N–H and O–H groups in total. The Kier molecular flexibility index (Phi) is 4.18. The minimum atomic E-state index is -3.84. The van der Waals surface area contributed by atoms with Gasteiger partial charge in [0.1, 0.15) is 10.7 Å². The highest BCUT2D eigenvalue weighted by Gasteiger charge is 2.44. The summed E-state index contributed by atoms with van der Waals surface area (Å²) in [6.45, 7) is 1.40. The number of nitrogens with one attached hydrogen (secondary N) is 1. The van der Waals surface area contributed by atoms with Crippen molar-refractivity contribution in [3.05, 3.63) is 28.0 Å². The van der Waals surface area contributed by atoms with Crippen LogP contribution in [0.2, 0.25) is 10.0 Å². The first-order valence-corrected chi connectivity index (χ1v) is 8.99. The van der Waals surface area contributed by atoms with Crippen LogP contribution in [0.25, 0.3) is 0 Å². The minimum Gasteiger partial charge on any atom is -0.315 e. The van der Waals surface area contributed by atoms with Crippen LogP contribution in [0.1, 0.15) is 19.3 Å². The van der Waals surface area contributed by atoms with Gasteiger partial charge in [0.25, 0.3) is 0 Å². The third-order valence-electron chi connectivity index (χ3n) is 3.80. The van der Waals surface area contributed by atoms with Gasteiger partial charge in [0, 0.05) is 18.6 Å². The van der Waals surface area contributed by atoms with Crippen LogP contribution in [0.15, 0.2) is 17.0 Å². The second kappa shape index (κ2) is 5.66. The molecule has 1 aromatic carbocycles. The highest BCUT2D eigenvalue weighted by atomic mass is 35.5. The van der Waals surface area contributed by atoms with Crippen molar-refractivity contribution in [1.82, 2.24) is 9.62 Å². The first-order valence-electron chi connectivity index (χ1n) is 6.80. The zero-order valence-corrected chi connectivity index (χ0v) is 13.5. The predicted octanol–water partition coefficient (Wildman–Crippen LogP) is 2.65. The van der Waals surface area contributed by atoms with E-state index in [-0.39, 0.29) is 27.0 Å². The molecule has 0 spiro atoms. The quantitative estimate of drug-likeness (QED) is 0.906. The van der Waals surface area contributed by atoms with Crippen LogP contribution >= 0.6 is 23.2 Å². The molecule has 4 nitrogen and oxygen atoms in total. The van der Waals surface area contributed by atoms with E-state index in [1.54, 1.807) is 0 Å². The van der Waals surface area contributed by atoms with Crippen LogP contribution in [0.4, 0.5) is 4.39 Å². The van der Waals surface area contributed by atoms with E-state index in [0.717, 1.165) is 37.9 Å². The highest BCUT2D eigenvalue weighted by Crippen LogP contribution is 2.39. The largest absolute Gasteiger partial charge is 0.315 e. The van der Waals surface area contributed by atoms with Crippen LogP contribution in [0.3, 0.4) is 0 Å². The fourth-order valence-corrected chi connectivity index (χ4v) is 5.80. The van der Waals surface area contributed by atoms with Gasteiger partial charge < -0.3 is 5.32 Å². The number of hydrogen-bond acceptors (Lipinski definition) is 3. The molecule has 1 saturated heterocycles. The molecule has 0 radical (unpaired) electrons. The molecule has 1 atom stereocenters. The maximum atomic E-state index is 13.3. The van der Waals surface area contributed by atoms with Crippen molar-refractivity contribution in [2.24, 2.45) is 0 Å². The average molecular weight is 353 g/mol. The number of halogens is 3. The summed E-state index contributed by atoms with van der Waals surface area (Å²) in [5.74, 6) is -0.649. The summed E-state index contributed by atoms with van der Waals surface area (Å²) in [5, 5.41) is 2.83. The predicted molar refractivity (Wildman–Crippen MR) is 79.7 cm³/mol. The standard InChI is InChI=1S/C13H15Cl2FN2O2S/c14-11-5-8(16)6-12(15)13(11)21(19,20)18(9-1-2-9)10-3-4-17-7-10/h5-6,9-10,17H,1-4,7H2. The molecule has 2 aliphatic rings. The van der Waals surface area contributed by atoms with Crippen LogP contribution in [0, 0.1) is 5.82 Å². The van der Waals surface area contributed by atoms with Gasteiger partial charge in [-0.1, -0.05) is 23.2 Å². The molecule has 1 aromatic rings. The van der Waals surface area contributed by atoms with Crippen LogP contribution in [-0.2, 0) is 10.0 Å². The van der Waals surface area contributed by atoms with Gasteiger partial charge in [0.15, 0.2) is 0 Å². The second-order valence-corrected chi connectivity index (χ2v) is 8.01. The molecule has 116 valence electrons.